The lowest BCUT2D eigenvalue weighted by molar-refractivity contribution is 0.424. The fourth-order valence-corrected chi connectivity index (χ4v) is 3.73. The van der Waals surface area contributed by atoms with Crippen molar-refractivity contribution in [2.24, 2.45) is 0 Å². The monoisotopic (exact) mass is 288 g/mol. The van der Waals surface area contributed by atoms with Crippen LogP contribution in [0.4, 0.5) is 5.69 Å². The zero-order valence-electron chi connectivity index (χ0n) is 10.0. The van der Waals surface area contributed by atoms with E-state index in [2.05, 4.69) is 10.0 Å². The van der Waals surface area contributed by atoms with Gasteiger partial charge < -0.3 is 5.32 Å². The fourth-order valence-electron chi connectivity index (χ4n) is 2.08. The van der Waals surface area contributed by atoms with E-state index < -0.39 is 10.0 Å². The van der Waals surface area contributed by atoms with Gasteiger partial charge in [-0.1, -0.05) is 30.2 Å². The first-order chi connectivity index (χ1) is 8.57. The summed E-state index contributed by atoms with van der Waals surface area (Å²) in [7, 11) is -3.35. The largest absolute Gasteiger partial charge is 0.313 e. The fraction of sp³-hybridized carbons (Fsp3) is 0.500. The Kier molecular flexibility index (Phi) is 4.48. The molecule has 1 aliphatic rings. The highest BCUT2D eigenvalue weighted by molar-refractivity contribution is 7.92. The summed E-state index contributed by atoms with van der Waals surface area (Å²) in [5, 5.41) is 3.64. The van der Waals surface area contributed by atoms with Gasteiger partial charge in [0.1, 0.15) is 0 Å². The number of rotatable bonds is 4. The molecule has 0 aromatic heterocycles. The van der Waals surface area contributed by atoms with Gasteiger partial charge in [-0.25, -0.2) is 8.42 Å². The van der Waals surface area contributed by atoms with Crippen LogP contribution in [-0.4, -0.2) is 26.8 Å². The Morgan fingerprint density at radius 3 is 2.78 bits per heavy atom. The van der Waals surface area contributed by atoms with Crippen molar-refractivity contribution < 1.29 is 8.42 Å². The number of nitrogens with one attached hydrogen (secondary N) is 2. The van der Waals surface area contributed by atoms with Crippen LogP contribution >= 0.6 is 11.6 Å². The van der Waals surface area contributed by atoms with Gasteiger partial charge in [-0.15, -0.1) is 0 Å². The van der Waals surface area contributed by atoms with Crippen LogP contribution in [0.15, 0.2) is 24.3 Å². The van der Waals surface area contributed by atoms with E-state index in [1.165, 1.54) is 0 Å². The van der Waals surface area contributed by atoms with Gasteiger partial charge >= 0.3 is 0 Å². The van der Waals surface area contributed by atoms with Gasteiger partial charge in [-0.05, 0) is 31.5 Å². The number of piperidine rings is 1. The molecular formula is C12H17ClN2O2S. The van der Waals surface area contributed by atoms with E-state index in [0.29, 0.717) is 10.7 Å². The molecule has 100 valence electrons. The molecule has 1 aromatic rings. The SMILES string of the molecule is O=S(=O)(CC1CCCCN1)Nc1ccccc1Cl. The molecule has 0 amide bonds. The Morgan fingerprint density at radius 1 is 1.33 bits per heavy atom. The summed E-state index contributed by atoms with van der Waals surface area (Å²) >= 11 is 5.93. The van der Waals surface area contributed by atoms with Gasteiger partial charge in [0.25, 0.3) is 0 Å². The summed E-state index contributed by atoms with van der Waals surface area (Å²) in [6.45, 7) is 0.895. The summed E-state index contributed by atoms with van der Waals surface area (Å²) < 4.78 is 26.6. The van der Waals surface area contributed by atoms with Crippen LogP contribution in [0.3, 0.4) is 0 Å². The number of para-hydroxylation sites is 1. The summed E-state index contributed by atoms with van der Waals surface area (Å²) in [4.78, 5) is 0. The molecule has 0 aliphatic carbocycles. The molecule has 0 spiro atoms. The van der Waals surface area contributed by atoms with Crippen molar-refractivity contribution in [3.05, 3.63) is 29.3 Å². The quantitative estimate of drug-likeness (QED) is 0.893. The molecule has 18 heavy (non-hydrogen) atoms. The third-order valence-corrected chi connectivity index (χ3v) is 4.67. The van der Waals surface area contributed by atoms with Crippen molar-refractivity contribution in [1.82, 2.24) is 5.32 Å². The third-order valence-electron chi connectivity index (χ3n) is 2.97. The van der Waals surface area contributed by atoms with Gasteiger partial charge in [-0.3, -0.25) is 4.72 Å². The normalized spacial score (nSPS) is 20.6. The van der Waals surface area contributed by atoms with Crippen LogP contribution in [0.2, 0.25) is 5.02 Å². The molecule has 1 unspecified atom stereocenters. The molecule has 2 N–H and O–H groups in total. The topological polar surface area (TPSA) is 58.2 Å². The number of sulfonamides is 1. The lowest BCUT2D eigenvalue weighted by atomic mass is 10.1. The van der Waals surface area contributed by atoms with Gasteiger partial charge in [0.15, 0.2) is 0 Å². The van der Waals surface area contributed by atoms with Crippen molar-refractivity contribution >= 4 is 27.3 Å². The molecule has 0 radical (unpaired) electrons. The molecule has 1 aromatic carbocycles. The standard InChI is InChI=1S/C12H17ClN2O2S/c13-11-6-1-2-7-12(11)15-18(16,17)9-10-5-3-4-8-14-10/h1-2,6-7,10,14-15H,3-5,8-9H2. The maximum Gasteiger partial charge on any atom is 0.234 e. The van der Waals surface area contributed by atoms with E-state index in [1.54, 1.807) is 24.3 Å². The van der Waals surface area contributed by atoms with Crippen molar-refractivity contribution in [3.8, 4) is 0 Å². The van der Waals surface area contributed by atoms with Gasteiger partial charge in [-0.2, -0.15) is 0 Å². The van der Waals surface area contributed by atoms with E-state index >= 15 is 0 Å². The van der Waals surface area contributed by atoms with Crippen LogP contribution in [0.5, 0.6) is 0 Å². The predicted molar refractivity (Wildman–Crippen MR) is 74.5 cm³/mol. The number of anilines is 1. The van der Waals surface area contributed by atoms with E-state index in [1.807, 2.05) is 0 Å². The molecule has 1 fully saturated rings. The molecule has 1 heterocycles. The van der Waals surface area contributed by atoms with Crippen LogP contribution in [-0.2, 0) is 10.0 Å². The Bertz CT molecular complexity index is 499. The maximum atomic E-state index is 12.0. The van der Waals surface area contributed by atoms with Crippen LogP contribution in [0, 0.1) is 0 Å². The van der Waals surface area contributed by atoms with Crippen LogP contribution in [0.25, 0.3) is 0 Å². The Labute approximate surface area is 113 Å². The first kappa shape index (κ1) is 13.6. The smallest absolute Gasteiger partial charge is 0.234 e. The van der Waals surface area contributed by atoms with Crippen molar-refractivity contribution in [3.63, 3.8) is 0 Å². The first-order valence-electron chi connectivity index (χ1n) is 6.05. The van der Waals surface area contributed by atoms with E-state index in [4.69, 9.17) is 11.6 Å². The minimum Gasteiger partial charge on any atom is -0.313 e. The summed E-state index contributed by atoms with van der Waals surface area (Å²) in [5.41, 5.74) is 0.440. The minimum atomic E-state index is -3.35. The molecule has 0 bridgehead atoms. The lowest BCUT2D eigenvalue weighted by Crippen LogP contribution is -2.40. The number of benzene rings is 1. The number of hydrogen-bond donors (Lipinski definition) is 2. The second-order valence-electron chi connectivity index (χ2n) is 4.51. The zero-order valence-corrected chi connectivity index (χ0v) is 11.6. The second kappa shape index (κ2) is 5.91. The first-order valence-corrected chi connectivity index (χ1v) is 8.08. The molecule has 1 saturated heterocycles. The highest BCUT2D eigenvalue weighted by Gasteiger charge is 2.21. The van der Waals surface area contributed by atoms with E-state index in [-0.39, 0.29) is 11.8 Å². The summed E-state index contributed by atoms with van der Waals surface area (Å²) in [6, 6.07) is 6.89. The highest BCUT2D eigenvalue weighted by atomic mass is 35.5. The van der Waals surface area contributed by atoms with Gasteiger partial charge in [0, 0.05) is 6.04 Å². The summed E-state index contributed by atoms with van der Waals surface area (Å²) in [5.74, 6) is 0.0955. The maximum absolute atomic E-state index is 12.0. The molecule has 2 rings (SSSR count). The number of hydrogen-bond acceptors (Lipinski definition) is 3. The molecule has 4 nitrogen and oxygen atoms in total. The summed E-state index contributed by atoms with van der Waals surface area (Å²) in [6.07, 6.45) is 3.11. The van der Waals surface area contributed by atoms with Crippen molar-refractivity contribution in [2.75, 3.05) is 17.0 Å². The molecule has 6 heteroatoms. The van der Waals surface area contributed by atoms with Gasteiger partial charge in [0.2, 0.25) is 10.0 Å². The average Bonchev–Trinajstić information content (AvgIpc) is 2.32. The van der Waals surface area contributed by atoms with E-state index in [0.717, 1.165) is 25.8 Å². The van der Waals surface area contributed by atoms with Crippen LogP contribution in [0.1, 0.15) is 19.3 Å². The van der Waals surface area contributed by atoms with E-state index in [9.17, 15) is 8.42 Å². The highest BCUT2D eigenvalue weighted by Crippen LogP contribution is 2.22. The Morgan fingerprint density at radius 2 is 2.11 bits per heavy atom. The van der Waals surface area contributed by atoms with Crippen molar-refractivity contribution in [1.29, 1.82) is 0 Å². The predicted octanol–water partition coefficient (Wildman–Crippen LogP) is 2.22. The van der Waals surface area contributed by atoms with Gasteiger partial charge in [0.05, 0.1) is 16.5 Å². The zero-order chi connectivity index (χ0) is 13.0. The third kappa shape index (κ3) is 3.86. The number of halogens is 1. The average molecular weight is 289 g/mol. The molecular weight excluding hydrogens is 272 g/mol. The lowest BCUT2D eigenvalue weighted by Gasteiger charge is -2.23. The molecule has 0 saturated carbocycles. The van der Waals surface area contributed by atoms with Crippen molar-refractivity contribution in [2.45, 2.75) is 25.3 Å². The molecule has 1 atom stereocenters. The van der Waals surface area contributed by atoms with Crippen LogP contribution < -0.4 is 10.0 Å². The second-order valence-corrected chi connectivity index (χ2v) is 6.68. The Hall–Kier alpha value is -0.780. The molecule has 1 aliphatic heterocycles. The Balaban J connectivity index is 2.01. The minimum absolute atomic E-state index is 0.0405.